The number of ether oxygens (including phenoxy) is 2. The summed E-state index contributed by atoms with van der Waals surface area (Å²) in [4.78, 5) is 28.3. The van der Waals surface area contributed by atoms with Crippen molar-refractivity contribution in [2.45, 2.75) is 58.8 Å². The monoisotopic (exact) mass is 476 g/mol. The Balaban J connectivity index is 1.42. The van der Waals surface area contributed by atoms with Crippen molar-refractivity contribution in [2.75, 3.05) is 13.2 Å². The standard InChI is InChI=1S/C28H32N2O5/c1-3-20(2)27(31)34-14-9-7-5-4-6-8-13-33-26-17-23-16-24(28(32)35-25(23)19-30-26)22-12-10-11-21(15-22)18-29/h10-12,15-17,19-20H,3-9,13-14H2,1-2H3. The summed E-state index contributed by atoms with van der Waals surface area (Å²) in [5.74, 6) is 0.360. The van der Waals surface area contributed by atoms with Gasteiger partial charge in [0, 0.05) is 11.5 Å². The number of nitriles is 1. The first kappa shape index (κ1) is 26.0. The second-order valence-electron chi connectivity index (χ2n) is 8.65. The molecule has 0 aliphatic rings. The highest BCUT2D eigenvalue weighted by atomic mass is 16.5. The van der Waals surface area contributed by atoms with Crippen LogP contribution in [0.15, 0.2) is 51.8 Å². The number of fused-ring (bicyclic) bond motifs is 1. The highest BCUT2D eigenvalue weighted by molar-refractivity contribution is 5.82. The van der Waals surface area contributed by atoms with E-state index in [9.17, 15) is 9.59 Å². The number of aromatic nitrogens is 1. The van der Waals surface area contributed by atoms with Crippen LogP contribution in [0.4, 0.5) is 0 Å². The third-order valence-corrected chi connectivity index (χ3v) is 5.95. The van der Waals surface area contributed by atoms with E-state index in [-0.39, 0.29) is 11.9 Å². The number of carbonyl (C=O) groups excluding carboxylic acids is 1. The molecule has 0 radical (unpaired) electrons. The molecule has 184 valence electrons. The molecular weight excluding hydrogens is 444 g/mol. The molecule has 7 nitrogen and oxygen atoms in total. The van der Waals surface area contributed by atoms with Gasteiger partial charge >= 0.3 is 11.6 Å². The Morgan fingerprint density at radius 3 is 2.57 bits per heavy atom. The van der Waals surface area contributed by atoms with Gasteiger partial charge in [-0.05, 0) is 43.0 Å². The van der Waals surface area contributed by atoms with Crippen molar-refractivity contribution in [1.82, 2.24) is 4.98 Å². The van der Waals surface area contributed by atoms with Gasteiger partial charge in [0.1, 0.15) is 0 Å². The van der Waals surface area contributed by atoms with Gasteiger partial charge in [0.25, 0.3) is 0 Å². The smallest absolute Gasteiger partial charge is 0.344 e. The molecule has 2 heterocycles. The van der Waals surface area contributed by atoms with E-state index in [4.69, 9.17) is 19.2 Å². The van der Waals surface area contributed by atoms with E-state index in [1.165, 1.54) is 6.20 Å². The van der Waals surface area contributed by atoms with E-state index in [0.29, 0.717) is 46.8 Å². The minimum atomic E-state index is -0.475. The summed E-state index contributed by atoms with van der Waals surface area (Å²) in [6.07, 6.45) is 8.42. The summed E-state index contributed by atoms with van der Waals surface area (Å²) in [6, 6.07) is 12.4. The Morgan fingerprint density at radius 1 is 1.09 bits per heavy atom. The molecule has 0 aliphatic heterocycles. The van der Waals surface area contributed by atoms with Crippen LogP contribution in [-0.2, 0) is 9.53 Å². The van der Waals surface area contributed by atoms with Crippen molar-refractivity contribution in [3.63, 3.8) is 0 Å². The van der Waals surface area contributed by atoms with Gasteiger partial charge in [-0.2, -0.15) is 5.26 Å². The summed E-state index contributed by atoms with van der Waals surface area (Å²) < 4.78 is 16.5. The van der Waals surface area contributed by atoms with Gasteiger partial charge in [-0.25, -0.2) is 9.78 Å². The van der Waals surface area contributed by atoms with Crippen molar-refractivity contribution in [3.05, 3.63) is 58.6 Å². The molecule has 0 fully saturated rings. The number of rotatable bonds is 13. The lowest BCUT2D eigenvalue weighted by Gasteiger charge is -2.09. The number of nitrogens with zero attached hydrogens (tertiary/aromatic N) is 2. The average Bonchev–Trinajstić information content (AvgIpc) is 2.88. The zero-order chi connectivity index (χ0) is 25.0. The van der Waals surface area contributed by atoms with E-state index in [2.05, 4.69) is 11.1 Å². The van der Waals surface area contributed by atoms with Crippen LogP contribution in [0, 0.1) is 17.2 Å². The fourth-order valence-corrected chi connectivity index (χ4v) is 3.61. The number of unbranched alkanes of at least 4 members (excludes halogenated alkanes) is 5. The second-order valence-corrected chi connectivity index (χ2v) is 8.65. The predicted octanol–water partition coefficient (Wildman–Crippen LogP) is 6.04. The molecule has 3 rings (SSSR count). The minimum Gasteiger partial charge on any atom is -0.478 e. The number of carbonyl (C=O) groups is 1. The van der Waals surface area contributed by atoms with Crippen LogP contribution in [0.25, 0.3) is 22.1 Å². The Bertz CT molecular complexity index is 1230. The number of hydrogen-bond acceptors (Lipinski definition) is 7. The number of hydrogen-bond donors (Lipinski definition) is 0. The summed E-state index contributed by atoms with van der Waals surface area (Å²) in [5, 5.41) is 9.83. The van der Waals surface area contributed by atoms with Crippen molar-refractivity contribution in [1.29, 1.82) is 5.26 Å². The maximum absolute atomic E-state index is 12.4. The van der Waals surface area contributed by atoms with Crippen LogP contribution < -0.4 is 10.4 Å². The van der Waals surface area contributed by atoms with E-state index in [1.807, 2.05) is 13.8 Å². The van der Waals surface area contributed by atoms with Crippen molar-refractivity contribution >= 4 is 16.9 Å². The van der Waals surface area contributed by atoms with Crippen molar-refractivity contribution in [2.24, 2.45) is 5.92 Å². The van der Waals surface area contributed by atoms with Crippen molar-refractivity contribution < 1.29 is 18.7 Å². The molecule has 35 heavy (non-hydrogen) atoms. The summed E-state index contributed by atoms with van der Waals surface area (Å²) >= 11 is 0. The molecule has 0 bridgehead atoms. The third-order valence-electron chi connectivity index (χ3n) is 5.95. The van der Waals surface area contributed by atoms with Crippen LogP contribution in [0.1, 0.15) is 64.4 Å². The van der Waals surface area contributed by atoms with Crippen LogP contribution >= 0.6 is 0 Å². The van der Waals surface area contributed by atoms with Crippen LogP contribution in [0.5, 0.6) is 5.88 Å². The Hall–Kier alpha value is -3.66. The molecule has 0 saturated carbocycles. The average molecular weight is 477 g/mol. The molecule has 0 amide bonds. The molecular formula is C28H32N2O5. The maximum Gasteiger partial charge on any atom is 0.344 e. The lowest BCUT2D eigenvalue weighted by Crippen LogP contribution is -2.14. The van der Waals surface area contributed by atoms with Gasteiger partial charge in [0.2, 0.25) is 5.88 Å². The van der Waals surface area contributed by atoms with Gasteiger partial charge in [-0.3, -0.25) is 4.79 Å². The number of esters is 1. The molecule has 0 saturated heterocycles. The predicted molar refractivity (Wildman–Crippen MR) is 134 cm³/mol. The first-order chi connectivity index (χ1) is 17.0. The Labute approximate surface area is 205 Å². The molecule has 2 aromatic heterocycles. The normalized spacial score (nSPS) is 11.7. The summed E-state index contributed by atoms with van der Waals surface area (Å²) in [7, 11) is 0. The second kappa shape index (κ2) is 13.3. The molecule has 3 aromatic rings. The maximum atomic E-state index is 12.4. The summed E-state index contributed by atoms with van der Waals surface area (Å²) in [6.45, 7) is 4.94. The zero-order valence-corrected chi connectivity index (χ0v) is 20.4. The topological polar surface area (TPSA) is 102 Å². The lowest BCUT2D eigenvalue weighted by molar-refractivity contribution is -0.148. The highest BCUT2D eigenvalue weighted by Gasteiger charge is 2.11. The summed E-state index contributed by atoms with van der Waals surface area (Å²) in [5.41, 5.74) is 1.41. The minimum absolute atomic E-state index is 0.0193. The fraction of sp³-hybridized carbons (Fsp3) is 0.429. The molecule has 0 aliphatic carbocycles. The third kappa shape index (κ3) is 7.68. The fourth-order valence-electron chi connectivity index (χ4n) is 3.61. The van der Waals surface area contributed by atoms with Crippen molar-refractivity contribution in [3.8, 4) is 23.1 Å². The largest absolute Gasteiger partial charge is 0.478 e. The molecule has 0 N–H and O–H groups in total. The van der Waals surface area contributed by atoms with Crippen LogP contribution in [0.2, 0.25) is 0 Å². The number of benzene rings is 1. The molecule has 0 spiro atoms. The van der Waals surface area contributed by atoms with Gasteiger partial charge < -0.3 is 13.9 Å². The Kier molecular flexibility index (Phi) is 9.85. The van der Waals surface area contributed by atoms with Gasteiger partial charge in [-0.1, -0.05) is 51.7 Å². The van der Waals surface area contributed by atoms with Crippen LogP contribution in [0.3, 0.4) is 0 Å². The zero-order valence-electron chi connectivity index (χ0n) is 20.4. The highest BCUT2D eigenvalue weighted by Crippen LogP contribution is 2.24. The van der Waals surface area contributed by atoms with E-state index in [1.54, 1.807) is 36.4 Å². The van der Waals surface area contributed by atoms with E-state index < -0.39 is 5.63 Å². The van der Waals surface area contributed by atoms with Crippen LogP contribution in [-0.4, -0.2) is 24.2 Å². The lowest BCUT2D eigenvalue weighted by atomic mass is 10.0. The molecule has 1 aromatic carbocycles. The SMILES string of the molecule is CCC(C)C(=O)OCCCCCCCCOc1cc2cc(-c3cccc(C#N)c3)c(=O)oc2cn1. The van der Waals surface area contributed by atoms with Gasteiger partial charge in [0.05, 0.1) is 42.5 Å². The van der Waals surface area contributed by atoms with E-state index >= 15 is 0 Å². The number of pyridine rings is 1. The molecule has 1 atom stereocenters. The molecule has 1 unspecified atom stereocenters. The quantitative estimate of drug-likeness (QED) is 0.219. The first-order valence-corrected chi connectivity index (χ1v) is 12.3. The first-order valence-electron chi connectivity index (χ1n) is 12.3. The Morgan fingerprint density at radius 2 is 1.83 bits per heavy atom. The van der Waals surface area contributed by atoms with Gasteiger partial charge in [-0.15, -0.1) is 0 Å². The van der Waals surface area contributed by atoms with E-state index in [0.717, 1.165) is 44.9 Å². The molecule has 7 heteroatoms. The van der Waals surface area contributed by atoms with Gasteiger partial charge in [0.15, 0.2) is 5.58 Å².